The highest BCUT2D eigenvalue weighted by Gasteiger charge is 2.55. The maximum absolute atomic E-state index is 13.2. The van der Waals surface area contributed by atoms with Gasteiger partial charge < -0.3 is 46.1 Å². The van der Waals surface area contributed by atoms with Gasteiger partial charge in [0.1, 0.15) is 47.2 Å². The average Bonchev–Trinajstić information content (AvgIpc) is 2.91. The third-order valence-electron chi connectivity index (χ3n) is 6.43. The number of esters is 1. The number of carboxylic acid groups (broad SMARTS) is 1. The number of amides is 2. The molecule has 15 heteroatoms. The average molecular weight is 566 g/mol. The van der Waals surface area contributed by atoms with Gasteiger partial charge in [-0.05, 0) is 30.2 Å². The van der Waals surface area contributed by atoms with Crippen LogP contribution in [0.1, 0.15) is 18.5 Å². The van der Waals surface area contributed by atoms with E-state index in [-0.39, 0.29) is 17.2 Å². The number of nitrogens with one attached hydrogen (secondary N) is 1. The number of ether oxygens (including phenoxy) is 2. The van der Waals surface area contributed by atoms with E-state index in [4.69, 9.17) is 15.2 Å². The third-order valence-corrected chi connectivity index (χ3v) is 7.73. The number of phenolic OH excluding ortho intramolecular Hbond substituents is 1. The number of allylic oxidation sites excluding steroid dienone is 2. The Kier molecular flexibility index (Phi) is 8.29. The van der Waals surface area contributed by atoms with Gasteiger partial charge in [0.15, 0.2) is 6.10 Å². The lowest BCUT2D eigenvalue weighted by Crippen LogP contribution is -2.71. The Morgan fingerprint density at radius 1 is 1.18 bits per heavy atom. The lowest BCUT2D eigenvalue weighted by atomic mass is 9.99. The Bertz CT molecular complexity index is 1220. The van der Waals surface area contributed by atoms with Crippen LogP contribution < -0.4 is 11.1 Å². The lowest BCUT2D eigenvalue weighted by molar-refractivity contribution is -0.285. The van der Waals surface area contributed by atoms with E-state index in [1.165, 1.54) is 36.0 Å². The number of aliphatic carboxylic acids is 1. The number of carboxylic acids is 1. The van der Waals surface area contributed by atoms with Gasteiger partial charge in [-0.25, -0.2) is 9.59 Å². The number of benzene rings is 1. The van der Waals surface area contributed by atoms with Crippen LogP contribution in [0.25, 0.3) is 0 Å². The summed E-state index contributed by atoms with van der Waals surface area (Å²) in [6, 6.07) is 3.52. The van der Waals surface area contributed by atoms with Crippen molar-refractivity contribution in [2.45, 2.75) is 55.1 Å². The second-order valence-corrected chi connectivity index (χ2v) is 10.1. The van der Waals surface area contributed by atoms with Crippen molar-refractivity contribution in [1.82, 2.24) is 10.2 Å². The molecule has 210 valence electrons. The highest BCUT2D eigenvalue weighted by Crippen LogP contribution is 2.41. The normalized spacial score (nSPS) is 31.4. The van der Waals surface area contributed by atoms with Gasteiger partial charge in [0.05, 0.1) is 0 Å². The molecule has 8 N–H and O–H groups in total. The zero-order valence-electron chi connectivity index (χ0n) is 20.4. The summed E-state index contributed by atoms with van der Waals surface area (Å²) in [7, 11) is 0. The minimum atomic E-state index is -1.99. The second-order valence-electron chi connectivity index (χ2n) is 8.98. The molecule has 5 unspecified atom stereocenters. The smallest absolute Gasteiger partial charge is 0.357 e. The van der Waals surface area contributed by atoms with E-state index >= 15 is 0 Å². The predicted octanol–water partition coefficient (Wildman–Crippen LogP) is -1.94. The van der Waals surface area contributed by atoms with Gasteiger partial charge in [-0.2, -0.15) is 0 Å². The van der Waals surface area contributed by atoms with Crippen LogP contribution in [-0.4, -0.2) is 102 Å². The molecule has 3 aliphatic rings. The number of carbonyl (C=O) groups excluding carboxylic acids is 3. The standard InChI is InChI=1S/C24H27N3O11S/c1-2-3-10-8-39-21-13(26-19(32)12(25)9-4-6-11(28)7-5-9)20(33)27(21)14(10)23(36)38-24-17(31)15(29)16(30)18(37-24)22(34)35/h2-7,12-13,15-18,21,24,28-31H,8,25H2,1H3,(H,26,32)(H,34,35)/b3-2+/t12-,13-,15?,16?,17?,18?,21-,24?/m1/s1. The summed E-state index contributed by atoms with van der Waals surface area (Å²) in [4.78, 5) is 51.6. The number of hydrogen-bond donors (Lipinski definition) is 7. The van der Waals surface area contributed by atoms with Gasteiger partial charge in [0.25, 0.3) is 5.91 Å². The molecular formula is C24H27N3O11S. The summed E-state index contributed by atoms with van der Waals surface area (Å²) in [5, 5.41) is 50.6. The Labute approximate surface area is 225 Å². The molecule has 39 heavy (non-hydrogen) atoms. The number of aliphatic hydroxyl groups is 3. The highest BCUT2D eigenvalue weighted by atomic mass is 32.2. The number of carbonyl (C=O) groups is 4. The van der Waals surface area contributed by atoms with Crippen LogP contribution >= 0.6 is 11.8 Å². The van der Waals surface area contributed by atoms with Crippen LogP contribution in [0, 0.1) is 0 Å². The van der Waals surface area contributed by atoms with E-state index in [0.717, 1.165) is 4.90 Å². The number of phenols is 1. The van der Waals surface area contributed by atoms with E-state index in [1.54, 1.807) is 19.1 Å². The summed E-state index contributed by atoms with van der Waals surface area (Å²) in [6.45, 7) is 1.68. The molecule has 0 aromatic heterocycles. The molecule has 2 saturated heterocycles. The summed E-state index contributed by atoms with van der Waals surface area (Å²) in [5.41, 5.74) is 6.57. The number of aliphatic hydroxyl groups excluding tert-OH is 3. The fourth-order valence-electron chi connectivity index (χ4n) is 4.35. The zero-order chi connectivity index (χ0) is 28.6. The van der Waals surface area contributed by atoms with Crippen molar-refractivity contribution in [1.29, 1.82) is 0 Å². The lowest BCUT2D eigenvalue weighted by Gasteiger charge is -2.50. The number of hydrogen-bond acceptors (Lipinski definition) is 12. The molecule has 0 spiro atoms. The molecule has 2 amide bonds. The first-order chi connectivity index (χ1) is 18.5. The van der Waals surface area contributed by atoms with E-state index in [1.807, 2.05) is 0 Å². The number of fused-ring (bicyclic) bond motifs is 1. The molecule has 2 fully saturated rings. The summed E-state index contributed by atoms with van der Waals surface area (Å²) >= 11 is 1.27. The molecule has 1 aromatic carbocycles. The first-order valence-corrected chi connectivity index (χ1v) is 12.8. The molecule has 3 heterocycles. The molecule has 3 aliphatic heterocycles. The van der Waals surface area contributed by atoms with E-state index in [2.05, 4.69) is 5.32 Å². The summed E-state index contributed by atoms with van der Waals surface area (Å²) in [6.07, 6.45) is -6.69. The molecule has 0 bridgehead atoms. The molecule has 0 saturated carbocycles. The van der Waals surface area contributed by atoms with Gasteiger partial charge in [-0.3, -0.25) is 14.5 Å². The van der Waals surface area contributed by atoms with Crippen LogP contribution in [0.4, 0.5) is 0 Å². The fraction of sp³-hybridized carbons (Fsp3) is 0.417. The number of aromatic hydroxyl groups is 1. The number of thioether (sulfide) groups is 1. The van der Waals surface area contributed by atoms with E-state index in [9.17, 15) is 44.7 Å². The van der Waals surface area contributed by atoms with Crippen molar-refractivity contribution < 1.29 is 54.2 Å². The molecule has 4 rings (SSSR count). The summed E-state index contributed by atoms with van der Waals surface area (Å²) in [5.74, 6) is -3.88. The predicted molar refractivity (Wildman–Crippen MR) is 132 cm³/mol. The number of β-lactam (4-membered cyclic amide) rings is 1. The molecule has 14 nitrogen and oxygen atoms in total. The monoisotopic (exact) mass is 565 g/mol. The Morgan fingerprint density at radius 3 is 2.46 bits per heavy atom. The van der Waals surface area contributed by atoms with Crippen molar-refractivity contribution in [3.63, 3.8) is 0 Å². The zero-order valence-corrected chi connectivity index (χ0v) is 21.2. The van der Waals surface area contributed by atoms with E-state index < -0.39 is 71.9 Å². The quantitative estimate of drug-likeness (QED) is 0.141. The largest absolute Gasteiger partial charge is 0.508 e. The van der Waals surface area contributed by atoms with Crippen molar-refractivity contribution >= 4 is 35.5 Å². The Morgan fingerprint density at radius 2 is 1.85 bits per heavy atom. The fourth-order valence-corrected chi connectivity index (χ4v) is 5.67. The highest BCUT2D eigenvalue weighted by molar-refractivity contribution is 8.00. The van der Waals surface area contributed by atoms with Crippen LogP contribution in [-0.2, 0) is 28.7 Å². The van der Waals surface area contributed by atoms with Crippen molar-refractivity contribution in [3.8, 4) is 5.75 Å². The third kappa shape index (κ3) is 5.36. The molecule has 0 aliphatic carbocycles. The number of rotatable bonds is 7. The molecule has 1 aromatic rings. The number of nitrogens with zero attached hydrogens (tertiary/aromatic N) is 1. The Balaban J connectivity index is 1.51. The van der Waals surface area contributed by atoms with Gasteiger partial charge in [-0.1, -0.05) is 24.3 Å². The van der Waals surface area contributed by atoms with Crippen LogP contribution in [0.15, 0.2) is 47.7 Å². The first-order valence-electron chi connectivity index (χ1n) is 11.7. The van der Waals surface area contributed by atoms with Crippen molar-refractivity contribution in [2.24, 2.45) is 5.73 Å². The summed E-state index contributed by atoms with van der Waals surface area (Å²) < 4.78 is 10.2. The van der Waals surface area contributed by atoms with Gasteiger partial charge >= 0.3 is 11.9 Å². The SMILES string of the molecule is C/C=C/C1=C(C(=O)OC2OC(C(=O)O)C(O)C(O)C2O)N2C(=O)[C@@H](NC(=O)[C@H](N)c3ccc(O)cc3)[C@H]2SC1. The van der Waals surface area contributed by atoms with Gasteiger partial charge in [-0.15, -0.1) is 11.8 Å². The topological polar surface area (TPSA) is 229 Å². The van der Waals surface area contributed by atoms with Crippen molar-refractivity contribution in [3.05, 3.63) is 53.3 Å². The van der Waals surface area contributed by atoms with Crippen LogP contribution in [0.3, 0.4) is 0 Å². The first kappa shape index (κ1) is 28.5. The van der Waals surface area contributed by atoms with Gasteiger partial charge in [0.2, 0.25) is 12.2 Å². The Hall–Kier alpha value is -3.47. The maximum atomic E-state index is 13.2. The second kappa shape index (κ2) is 11.3. The number of nitrogens with two attached hydrogens (primary N) is 1. The van der Waals surface area contributed by atoms with Crippen LogP contribution in [0.5, 0.6) is 5.75 Å². The molecular weight excluding hydrogens is 538 g/mol. The van der Waals surface area contributed by atoms with Gasteiger partial charge in [0, 0.05) is 5.75 Å². The van der Waals surface area contributed by atoms with Crippen LogP contribution in [0.2, 0.25) is 0 Å². The van der Waals surface area contributed by atoms with E-state index in [0.29, 0.717) is 11.1 Å². The molecule has 8 atom stereocenters. The molecule has 0 radical (unpaired) electrons. The van der Waals surface area contributed by atoms with Crippen molar-refractivity contribution in [2.75, 3.05) is 5.75 Å². The minimum Gasteiger partial charge on any atom is -0.508 e. The maximum Gasteiger partial charge on any atom is 0.357 e. The minimum absolute atomic E-state index is 0.00627.